The second-order valence-electron chi connectivity index (χ2n) is 1.74. The molecule has 0 aromatic heterocycles. The molecule has 0 aliphatic carbocycles. The second-order valence-corrected chi connectivity index (χ2v) is 1.74. The molecular weight excluding hydrogens is 110 g/mol. The van der Waals surface area contributed by atoms with Gasteiger partial charge in [0, 0.05) is 6.54 Å². The molecule has 0 amide bonds. The van der Waals surface area contributed by atoms with Gasteiger partial charge < -0.3 is 21.1 Å². The molecule has 5 N–H and O–H groups in total. The van der Waals surface area contributed by atoms with Gasteiger partial charge in [-0.2, -0.15) is 0 Å². The summed E-state index contributed by atoms with van der Waals surface area (Å²) in [5, 5.41) is 25.4. The fourth-order valence-corrected chi connectivity index (χ4v) is 0.179. The lowest BCUT2D eigenvalue weighted by Crippen LogP contribution is -2.44. The normalized spacial score (nSPS) is 12.0. The van der Waals surface area contributed by atoms with E-state index < -0.39 is 18.8 Å². The van der Waals surface area contributed by atoms with Crippen molar-refractivity contribution in [1.29, 1.82) is 0 Å². The zero-order valence-electron chi connectivity index (χ0n) is 4.54. The van der Waals surface area contributed by atoms with Crippen molar-refractivity contribution in [3.05, 3.63) is 0 Å². The van der Waals surface area contributed by atoms with E-state index in [-0.39, 0.29) is 6.54 Å². The number of aliphatic hydroxyl groups is 3. The topological polar surface area (TPSA) is 86.7 Å². The lowest BCUT2D eigenvalue weighted by molar-refractivity contribution is -0.0471. The third kappa shape index (κ3) is 1.75. The monoisotopic (exact) mass is 121 g/mol. The molecule has 0 aromatic carbocycles. The Kier molecular flexibility index (Phi) is 2.93. The zero-order valence-corrected chi connectivity index (χ0v) is 4.54. The first kappa shape index (κ1) is 7.84. The van der Waals surface area contributed by atoms with Crippen LogP contribution in [0.15, 0.2) is 0 Å². The van der Waals surface area contributed by atoms with Crippen molar-refractivity contribution in [2.45, 2.75) is 5.60 Å². The molecule has 0 saturated heterocycles. The van der Waals surface area contributed by atoms with Gasteiger partial charge >= 0.3 is 0 Å². The lowest BCUT2D eigenvalue weighted by atomic mass is 10.1. The molecule has 0 aliphatic rings. The first-order chi connectivity index (χ1) is 3.68. The van der Waals surface area contributed by atoms with E-state index in [1.54, 1.807) is 0 Å². The quantitative estimate of drug-likeness (QED) is 0.337. The van der Waals surface area contributed by atoms with Crippen LogP contribution < -0.4 is 5.73 Å². The molecule has 0 radical (unpaired) electrons. The van der Waals surface area contributed by atoms with Gasteiger partial charge in [-0.05, 0) is 0 Å². The molecule has 0 spiro atoms. The summed E-state index contributed by atoms with van der Waals surface area (Å²) in [7, 11) is 0. The number of hydrogen-bond donors (Lipinski definition) is 4. The zero-order chi connectivity index (χ0) is 6.62. The van der Waals surface area contributed by atoms with Crippen molar-refractivity contribution >= 4 is 0 Å². The molecule has 8 heavy (non-hydrogen) atoms. The largest absolute Gasteiger partial charge is 0.393 e. The average Bonchev–Trinajstić information content (AvgIpc) is 1.87. The third-order valence-corrected chi connectivity index (χ3v) is 0.969. The summed E-state index contributed by atoms with van der Waals surface area (Å²) in [6, 6.07) is 0. The highest BCUT2D eigenvalue weighted by Gasteiger charge is 2.21. The van der Waals surface area contributed by atoms with E-state index in [1.165, 1.54) is 0 Å². The highest BCUT2D eigenvalue weighted by Crippen LogP contribution is 1.96. The first-order valence-electron chi connectivity index (χ1n) is 2.32. The Morgan fingerprint density at radius 1 is 1.25 bits per heavy atom. The average molecular weight is 121 g/mol. The van der Waals surface area contributed by atoms with Crippen molar-refractivity contribution in [3.63, 3.8) is 0 Å². The molecule has 0 unspecified atom stereocenters. The van der Waals surface area contributed by atoms with Crippen LogP contribution in [-0.2, 0) is 0 Å². The van der Waals surface area contributed by atoms with Gasteiger partial charge in [-0.25, -0.2) is 0 Å². The third-order valence-electron chi connectivity index (χ3n) is 0.969. The molecule has 0 heterocycles. The molecule has 0 saturated carbocycles. The maximum absolute atomic E-state index is 8.81. The Balaban J connectivity index is 3.58. The summed E-state index contributed by atoms with van der Waals surface area (Å²) in [4.78, 5) is 0. The van der Waals surface area contributed by atoms with Crippen LogP contribution in [0.2, 0.25) is 0 Å². The molecule has 0 aromatic rings. The fraction of sp³-hybridized carbons (Fsp3) is 1.00. The van der Waals surface area contributed by atoms with E-state index in [2.05, 4.69) is 0 Å². The summed E-state index contributed by atoms with van der Waals surface area (Å²) < 4.78 is 0. The Morgan fingerprint density at radius 2 is 1.62 bits per heavy atom. The standard InChI is InChI=1S/C4H11NO3/c5-1-4(8,2-6)3-7/h6-8H,1-3,5H2. The van der Waals surface area contributed by atoms with Gasteiger partial charge in [0.2, 0.25) is 0 Å². The maximum Gasteiger partial charge on any atom is 0.123 e. The summed E-state index contributed by atoms with van der Waals surface area (Å²) in [5.41, 5.74) is 3.47. The van der Waals surface area contributed by atoms with Crippen molar-refractivity contribution in [1.82, 2.24) is 0 Å². The SMILES string of the molecule is NCC(O)(CO)CO. The van der Waals surface area contributed by atoms with Gasteiger partial charge in [0.05, 0.1) is 13.2 Å². The van der Waals surface area contributed by atoms with Crippen LogP contribution in [0.5, 0.6) is 0 Å². The molecule has 4 nitrogen and oxygen atoms in total. The highest BCUT2D eigenvalue weighted by molar-refractivity contribution is 4.76. The molecule has 4 heteroatoms. The Hall–Kier alpha value is -0.160. The van der Waals surface area contributed by atoms with Gasteiger partial charge in [0.1, 0.15) is 5.60 Å². The van der Waals surface area contributed by atoms with Gasteiger partial charge in [0.15, 0.2) is 0 Å². The Labute approximate surface area is 47.6 Å². The van der Waals surface area contributed by atoms with Crippen molar-refractivity contribution in [2.24, 2.45) is 5.73 Å². The molecule has 50 valence electrons. The molecule has 0 atom stereocenters. The van der Waals surface area contributed by atoms with Crippen LogP contribution in [0, 0.1) is 0 Å². The van der Waals surface area contributed by atoms with Gasteiger partial charge in [-0.15, -0.1) is 0 Å². The Morgan fingerprint density at radius 3 is 1.62 bits per heavy atom. The van der Waals surface area contributed by atoms with Gasteiger partial charge in [-0.3, -0.25) is 0 Å². The predicted octanol–water partition coefficient (Wildman–Crippen LogP) is -2.34. The van der Waals surface area contributed by atoms with E-state index >= 15 is 0 Å². The van der Waals surface area contributed by atoms with E-state index in [0.717, 1.165) is 0 Å². The highest BCUT2D eigenvalue weighted by atomic mass is 16.4. The van der Waals surface area contributed by atoms with Crippen LogP contribution in [0.25, 0.3) is 0 Å². The summed E-state index contributed by atoms with van der Waals surface area (Å²) in [5.74, 6) is 0. The Bertz CT molecular complexity index is 54.0. The van der Waals surface area contributed by atoms with Crippen molar-refractivity contribution in [2.75, 3.05) is 19.8 Å². The number of hydrogen-bond acceptors (Lipinski definition) is 4. The summed E-state index contributed by atoms with van der Waals surface area (Å²) >= 11 is 0. The molecule has 0 aliphatic heterocycles. The van der Waals surface area contributed by atoms with Gasteiger partial charge in [-0.1, -0.05) is 0 Å². The minimum atomic E-state index is -1.49. The van der Waals surface area contributed by atoms with Crippen molar-refractivity contribution in [3.8, 4) is 0 Å². The lowest BCUT2D eigenvalue weighted by Gasteiger charge is -2.19. The fourth-order valence-electron chi connectivity index (χ4n) is 0.179. The number of nitrogens with two attached hydrogens (primary N) is 1. The van der Waals surface area contributed by atoms with E-state index in [1.807, 2.05) is 0 Å². The summed E-state index contributed by atoms with van der Waals surface area (Å²) in [6.45, 7) is -1.12. The molecular formula is C4H11NO3. The smallest absolute Gasteiger partial charge is 0.123 e. The van der Waals surface area contributed by atoms with Crippen LogP contribution in [-0.4, -0.2) is 40.7 Å². The molecule has 0 bridgehead atoms. The van der Waals surface area contributed by atoms with E-state index in [0.29, 0.717) is 0 Å². The van der Waals surface area contributed by atoms with Crippen LogP contribution in [0.4, 0.5) is 0 Å². The molecule has 0 rings (SSSR count). The predicted molar refractivity (Wildman–Crippen MR) is 28.2 cm³/mol. The van der Waals surface area contributed by atoms with Crippen LogP contribution in [0.3, 0.4) is 0 Å². The molecule has 0 fully saturated rings. The van der Waals surface area contributed by atoms with E-state index in [4.69, 9.17) is 21.1 Å². The minimum Gasteiger partial charge on any atom is -0.393 e. The van der Waals surface area contributed by atoms with E-state index in [9.17, 15) is 0 Å². The van der Waals surface area contributed by atoms with Gasteiger partial charge in [0.25, 0.3) is 0 Å². The maximum atomic E-state index is 8.81. The van der Waals surface area contributed by atoms with Crippen molar-refractivity contribution < 1.29 is 15.3 Å². The van der Waals surface area contributed by atoms with Crippen LogP contribution in [0.1, 0.15) is 0 Å². The summed E-state index contributed by atoms with van der Waals surface area (Å²) in [6.07, 6.45) is 0. The number of aliphatic hydroxyl groups excluding tert-OH is 2. The first-order valence-corrected chi connectivity index (χ1v) is 2.32. The van der Waals surface area contributed by atoms with Crippen LogP contribution >= 0.6 is 0 Å². The second kappa shape index (κ2) is 2.99. The minimum absolute atomic E-state index is 0.125. The number of rotatable bonds is 3.